The van der Waals surface area contributed by atoms with Crippen LogP contribution in [0.3, 0.4) is 0 Å². The van der Waals surface area contributed by atoms with Gasteiger partial charge in [-0.3, -0.25) is 4.79 Å². The Morgan fingerprint density at radius 3 is 2.95 bits per heavy atom. The molecule has 1 aromatic carbocycles. The highest BCUT2D eigenvalue weighted by molar-refractivity contribution is 9.10. The summed E-state index contributed by atoms with van der Waals surface area (Å²) >= 11 is 3.37. The van der Waals surface area contributed by atoms with Gasteiger partial charge < -0.3 is 20.4 Å². The smallest absolute Gasteiger partial charge is 0.405 e. The van der Waals surface area contributed by atoms with Gasteiger partial charge in [0.1, 0.15) is 16.9 Å². The molecule has 0 spiro atoms. The lowest BCUT2D eigenvalue weighted by Gasteiger charge is -2.00. The van der Waals surface area contributed by atoms with Crippen LogP contribution in [-0.4, -0.2) is 26.2 Å². The molecule has 0 fully saturated rings. The highest BCUT2D eigenvalue weighted by Gasteiger charge is 2.11. The van der Waals surface area contributed by atoms with Crippen molar-refractivity contribution in [2.45, 2.75) is 6.54 Å². The van der Waals surface area contributed by atoms with Gasteiger partial charge in [0.2, 0.25) is 0 Å². The number of H-pyrrole nitrogens is 2. The quantitative estimate of drug-likeness (QED) is 0.573. The molecule has 4 N–H and O–H groups in total. The number of nitrogens with zero attached hydrogens (tertiary/aromatic N) is 1. The molecule has 0 saturated heterocycles. The predicted molar refractivity (Wildman–Crippen MR) is 76.8 cm³/mol. The number of carboxylic acid groups (broad SMARTS) is 1. The highest BCUT2D eigenvalue weighted by Crippen LogP contribution is 2.24. The van der Waals surface area contributed by atoms with E-state index in [4.69, 9.17) is 5.11 Å². The number of nitrogens with one attached hydrogen (secondary N) is 3. The second-order valence-electron chi connectivity index (χ2n) is 4.21. The second-order valence-corrected chi connectivity index (χ2v) is 5.13. The van der Waals surface area contributed by atoms with Crippen LogP contribution in [0.2, 0.25) is 0 Å². The third-order valence-corrected chi connectivity index (χ3v) is 3.37. The van der Waals surface area contributed by atoms with Gasteiger partial charge in [0, 0.05) is 15.4 Å². The zero-order valence-electron chi connectivity index (χ0n) is 10.0. The molecule has 2 aromatic heterocycles. The van der Waals surface area contributed by atoms with Crippen LogP contribution < -0.4 is 10.9 Å². The zero-order valence-corrected chi connectivity index (χ0v) is 11.6. The van der Waals surface area contributed by atoms with E-state index in [0.29, 0.717) is 11.0 Å². The fraction of sp³-hybridized carbons (Fsp3) is 0.0833. The normalized spacial score (nSPS) is 11.1. The molecule has 1 amide bonds. The summed E-state index contributed by atoms with van der Waals surface area (Å²) in [5, 5.41) is 11.6. The molecule has 0 aliphatic heterocycles. The van der Waals surface area contributed by atoms with Crippen LogP contribution in [0, 0.1) is 0 Å². The number of hydrogen-bond donors (Lipinski definition) is 4. The first-order valence-corrected chi connectivity index (χ1v) is 6.51. The van der Waals surface area contributed by atoms with E-state index in [-0.39, 0.29) is 17.9 Å². The maximum atomic E-state index is 12.0. The van der Waals surface area contributed by atoms with E-state index in [1.54, 1.807) is 0 Å². The molecule has 3 rings (SSSR count). The van der Waals surface area contributed by atoms with Crippen molar-refractivity contribution >= 4 is 44.0 Å². The van der Waals surface area contributed by atoms with Crippen molar-refractivity contribution in [3.8, 4) is 0 Å². The number of amides is 1. The monoisotopic (exact) mass is 336 g/mol. The van der Waals surface area contributed by atoms with E-state index in [2.05, 4.69) is 36.2 Å². The fourth-order valence-corrected chi connectivity index (χ4v) is 2.39. The van der Waals surface area contributed by atoms with Gasteiger partial charge in [-0.25, -0.2) is 9.78 Å². The summed E-state index contributed by atoms with van der Waals surface area (Å²) in [6, 6.07) is 5.56. The Morgan fingerprint density at radius 2 is 2.20 bits per heavy atom. The summed E-state index contributed by atoms with van der Waals surface area (Å²) in [7, 11) is 0. The molecule has 0 aliphatic carbocycles. The summed E-state index contributed by atoms with van der Waals surface area (Å²) in [4.78, 5) is 32.3. The minimum Gasteiger partial charge on any atom is -0.465 e. The average molecular weight is 337 g/mol. The minimum absolute atomic E-state index is 0.0544. The lowest BCUT2D eigenvalue weighted by molar-refractivity contribution is 0.193. The van der Waals surface area contributed by atoms with E-state index in [1.165, 1.54) is 0 Å². The molecule has 0 atom stereocenters. The van der Waals surface area contributed by atoms with Gasteiger partial charge in [-0.05, 0) is 18.2 Å². The zero-order chi connectivity index (χ0) is 14.3. The van der Waals surface area contributed by atoms with Gasteiger partial charge in [-0.15, -0.1) is 0 Å². The molecular weight excluding hydrogens is 328 g/mol. The maximum Gasteiger partial charge on any atom is 0.405 e. The minimum atomic E-state index is -1.17. The molecule has 3 aromatic rings. The first-order chi connectivity index (χ1) is 9.54. The Bertz CT molecular complexity index is 883. The number of fused-ring (bicyclic) bond motifs is 3. The van der Waals surface area contributed by atoms with Gasteiger partial charge in [-0.1, -0.05) is 15.9 Å². The molecule has 8 heteroatoms. The highest BCUT2D eigenvalue weighted by atomic mass is 79.9. The first-order valence-electron chi connectivity index (χ1n) is 5.71. The van der Waals surface area contributed by atoms with Crippen LogP contribution in [0.4, 0.5) is 4.79 Å². The van der Waals surface area contributed by atoms with E-state index < -0.39 is 6.09 Å². The SMILES string of the molecule is O=C(O)NCc1nc2c([nH]c3ccc(Br)cc32)c(=O)[nH]1. The maximum absolute atomic E-state index is 12.0. The van der Waals surface area contributed by atoms with Crippen molar-refractivity contribution in [3.63, 3.8) is 0 Å². The van der Waals surface area contributed by atoms with Gasteiger partial charge >= 0.3 is 6.09 Å². The van der Waals surface area contributed by atoms with Crippen molar-refractivity contribution in [3.05, 3.63) is 38.9 Å². The summed E-state index contributed by atoms with van der Waals surface area (Å²) < 4.78 is 0.873. The van der Waals surface area contributed by atoms with E-state index in [9.17, 15) is 9.59 Å². The molecule has 0 bridgehead atoms. The summed E-state index contributed by atoms with van der Waals surface area (Å²) in [5.41, 5.74) is 1.36. The molecule has 0 saturated carbocycles. The van der Waals surface area contributed by atoms with Crippen LogP contribution in [0.5, 0.6) is 0 Å². The largest absolute Gasteiger partial charge is 0.465 e. The van der Waals surface area contributed by atoms with Gasteiger partial charge in [0.25, 0.3) is 5.56 Å². The van der Waals surface area contributed by atoms with Crippen LogP contribution >= 0.6 is 15.9 Å². The number of halogens is 1. The number of benzene rings is 1. The van der Waals surface area contributed by atoms with Crippen molar-refractivity contribution in [1.29, 1.82) is 0 Å². The van der Waals surface area contributed by atoms with Crippen LogP contribution in [-0.2, 0) is 6.54 Å². The van der Waals surface area contributed by atoms with Crippen molar-refractivity contribution < 1.29 is 9.90 Å². The van der Waals surface area contributed by atoms with Crippen molar-refractivity contribution in [2.24, 2.45) is 0 Å². The topological polar surface area (TPSA) is 111 Å². The van der Waals surface area contributed by atoms with Crippen LogP contribution in [0.25, 0.3) is 21.9 Å². The Balaban J connectivity index is 2.22. The molecule has 0 aliphatic rings. The number of aromatic amines is 2. The van der Waals surface area contributed by atoms with Gasteiger partial charge in [0.05, 0.1) is 6.54 Å². The Kier molecular flexibility index (Phi) is 2.94. The summed E-state index contributed by atoms with van der Waals surface area (Å²) in [6.07, 6.45) is -1.17. The van der Waals surface area contributed by atoms with Crippen LogP contribution in [0.15, 0.2) is 27.5 Å². The molecule has 2 heterocycles. The summed E-state index contributed by atoms with van der Waals surface area (Å²) in [6.45, 7) is -0.0544. The molecule has 0 unspecified atom stereocenters. The number of carbonyl (C=O) groups is 1. The molecule has 0 radical (unpaired) electrons. The first kappa shape index (κ1) is 12.7. The Morgan fingerprint density at radius 1 is 1.40 bits per heavy atom. The lowest BCUT2D eigenvalue weighted by Crippen LogP contribution is -2.23. The fourth-order valence-electron chi connectivity index (χ4n) is 2.03. The Hall–Kier alpha value is -2.35. The third kappa shape index (κ3) is 2.14. The van der Waals surface area contributed by atoms with Crippen molar-refractivity contribution in [2.75, 3.05) is 0 Å². The predicted octanol–water partition coefficient (Wildman–Crippen LogP) is 1.93. The second kappa shape index (κ2) is 4.64. The number of hydrogen-bond acceptors (Lipinski definition) is 3. The van der Waals surface area contributed by atoms with Crippen LogP contribution in [0.1, 0.15) is 5.82 Å². The molecule has 7 nitrogen and oxygen atoms in total. The molecular formula is C12H9BrN4O3. The standard InChI is InChI=1S/C12H9BrN4O3/c13-5-1-2-7-6(3-5)9-10(15-7)11(18)17-8(16-9)4-14-12(19)20/h1-3,14-15H,4H2,(H,19,20)(H,16,17,18). The number of aromatic nitrogens is 3. The van der Waals surface area contributed by atoms with Gasteiger partial charge in [-0.2, -0.15) is 0 Å². The third-order valence-electron chi connectivity index (χ3n) is 2.87. The molecule has 102 valence electrons. The van der Waals surface area contributed by atoms with Gasteiger partial charge in [0.15, 0.2) is 0 Å². The average Bonchev–Trinajstić information content (AvgIpc) is 2.75. The van der Waals surface area contributed by atoms with E-state index in [1.807, 2.05) is 18.2 Å². The lowest BCUT2D eigenvalue weighted by atomic mass is 10.2. The number of rotatable bonds is 2. The van der Waals surface area contributed by atoms with Crippen molar-refractivity contribution in [1.82, 2.24) is 20.3 Å². The molecule has 20 heavy (non-hydrogen) atoms. The summed E-state index contributed by atoms with van der Waals surface area (Å²) in [5.74, 6) is 0.269. The van der Waals surface area contributed by atoms with E-state index in [0.717, 1.165) is 15.4 Å². The van der Waals surface area contributed by atoms with E-state index >= 15 is 0 Å². The Labute approximate surface area is 120 Å².